The Labute approximate surface area is 131 Å². The maximum Gasteiger partial charge on any atom is 0.408 e. The van der Waals surface area contributed by atoms with Gasteiger partial charge < -0.3 is 25.0 Å². The molecule has 1 rings (SSSR count). The van der Waals surface area contributed by atoms with Crippen LogP contribution in [0.2, 0.25) is 0 Å². The van der Waals surface area contributed by atoms with E-state index < -0.39 is 23.8 Å². The van der Waals surface area contributed by atoms with E-state index in [0.29, 0.717) is 0 Å². The number of alkyl carbamates (subject to hydrolysis) is 1. The summed E-state index contributed by atoms with van der Waals surface area (Å²) in [7, 11) is 0. The zero-order chi connectivity index (χ0) is 16.6. The lowest BCUT2D eigenvalue weighted by atomic mass is 10.1. The van der Waals surface area contributed by atoms with Crippen LogP contribution in [0, 0.1) is 0 Å². The molecule has 0 aromatic heterocycles. The van der Waals surface area contributed by atoms with E-state index in [1.165, 1.54) is 0 Å². The van der Waals surface area contributed by atoms with Crippen LogP contribution in [0.4, 0.5) is 4.79 Å². The second-order valence-electron chi connectivity index (χ2n) is 5.95. The monoisotopic (exact) mass is 311 g/mol. The molecule has 0 aliphatic heterocycles. The highest BCUT2D eigenvalue weighted by Gasteiger charge is 2.25. The molecule has 0 aliphatic rings. The van der Waals surface area contributed by atoms with Gasteiger partial charge in [0.25, 0.3) is 0 Å². The minimum atomic E-state index is -0.747. The molecule has 1 aromatic carbocycles. The number of carbonyl (C=O) groups is 1. The van der Waals surface area contributed by atoms with Crippen LogP contribution >= 0.6 is 0 Å². The molecule has 0 heterocycles. The molecule has 6 nitrogen and oxygen atoms in total. The van der Waals surface area contributed by atoms with Crippen LogP contribution in [0.3, 0.4) is 0 Å². The summed E-state index contributed by atoms with van der Waals surface area (Å²) in [5.74, 6) is 0. The number of rotatable bonds is 7. The number of ether oxygens (including phenoxy) is 2. The first-order chi connectivity index (χ1) is 10.4. The summed E-state index contributed by atoms with van der Waals surface area (Å²) in [6, 6.07) is 8.70. The van der Waals surface area contributed by atoms with Crippen molar-refractivity contribution in [1.82, 2.24) is 5.32 Å². The van der Waals surface area contributed by atoms with Crippen LogP contribution in [0.5, 0.6) is 0 Å². The Bertz CT molecular complexity index is 444. The van der Waals surface area contributed by atoms with Gasteiger partial charge in [-0.1, -0.05) is 30.3 Å². The summed E-state index contributed by atoms with van der Waals surface area (Å²) >= 11 is 0. The third-order valence-corrected chi connectivity index (χ3v) is 2.83. The summed E-state index contributed by atoms with van der Waals surface area (Å²) in [5.41, 5.74) is 0.305. The highest BCUT2D eigenvalue weighted by molar-refractivity contribution is 5.68. The lowest BCUT2D eigenvalue weighted by molar-refractivity contribution is -0.0338. The van der Waals surface area contributed by atoms with Crippen LogP contribution in [0.1, 0.15) is 26.3 Å². The van der Waals surface area contributed by atoms with Crippen LogP contribution in [0.15, 0.2) is 30.3 Å². The van der Waals surface area contributed by atoms with Crippen molar-refractivity contribution in [1.29, 1.82) is 0 Å². The number of aliphatic hydroxyl groups excluding tert-OH is 2. The second kappa shape index (κ2) is 8.73. The Balaban J connectivity index is 2.56. The van der Waals surface area contributed by atoms with Gasteiger partial charge >= 0.3 is 6.09 Å². The lowest BCUT2D eigenvalue weighted by Gasteiger charge is -2.27. The van der Waals surface area contributed by atoms with E-state index in [1.807, 2.05) is 30.3 Å². The topological polar surface area (TPSA) is 88.0 Å². The molecule has 0 bridgehead atoms. The fourth-order valence-corrected chi connectivity index (χ4v) is 1.79. The minimum Gasteiger partial charge on any atom is -0.444 e. The van der Waals surface area contributed by atoms with Crippen LogP contribution in [0.25, 0.3) is 0 Å². The summed E-state index contributed by atoms with van der Waals surface area (Å²) in [6.07, 6.45) is -1.38. The van der Waals surface area contributed by atoms with Crippen molar-refractivity contribution in [2.75, 3.05) is 13.2 Å². The van der Waals surface area contributed by atoms with Gasteiger partial charge in [0.1, 0.15) is 11.7 Å². The third-order valence-electron chi connectivity index (χ3n) is 2.83. The summed E-state index contributed by atoms with van der Waals surface area (Å²) in [5, 5.41) is 21.3. The highest BCUT2D eigenvalue weighted by atomic mass is 16.6. The van der Waals surface area contributed by atoms with Crippen molar-refractivity contribution >= 4 is 6.09 Å². The number of amides is 1. The quantitative estimate of drug-likeness (QED) is 0.709. The second-order valence-corrected chi connectivity index (χ2v) is 5.95. The third kappa shape index (κ3) is 6.89. The Morgan fingerprint density at radius 2 is 1.82 bits per heavy atom. The van der Waals surface area contributed by atoms with E-state index in [1.54, 1.807) is 20.8 Å². The van der Waals surface area contributed by atoms with Crippen LogP contribution < -0.4 is 5.32 Å². The average Bonchev–Trinajstić information content (AvgIpc) is 2.45. The van der Waals surface area contributed by atoms with Crippen molar-refractivity contribution in [3.63, 3.8) is 0 Å². The molecular formula is C16H25NO5. The van der Waals surface area contributed by atoms with Gasteiger partial charge in [-0.3, -0.25) is 0 Å². The van der Waals surface area contributed by atoms with Gasteiger partial charge in [-0.25, -0.2) is 4.79 Å². The molecule has 1 amide bonds. The largest absolute Gasteiger partial charge is 0.444 e. The number of benzene rings is 1. The lowest BCUT2D eigenvalue weighted by Crippen LogP contribution is -2.49. The maximum absolute atomic E-state index is 11.7. The standard InChI is InChI=1S/C16H25NO5/c1-16(2,3)22-15(20)17-13(9-18)14(10-19)21-11-12-7-5-4-6-8-12/h4-8,13-14,18-19H,9-11H2,1-3H3,(H,17,20)/t13-,14+/m0/s1. The van der Waals surface area contributed by atoms with Gasteiger partial charge in [0.05, 0.1) is 25.9 Å². The van der Waals surface area contributed by atoms with Gasteiger partial charge in [-0.2, -0.15) is 0 Å². The van der Waals surface area contributed by atoms with Gasteiger partial charge in [-0.15, -0.1) is 0 Å². The first-order valence-corrected chi connectivity index (χ1v) is 7.22. The van der Waals surface area contributed by atoms with Gasteiger partial charge in [0.15, 0.2) is 0 Å². The van der Waals surface area contributed by atoms with Gasteiger partial charge in [0, 0.05) is 0 Å². The highest BCUT2D eigenvalue weighted by Crippen LogP contribution is 2.09. The molecule has 0 spiro atoms. The van der Waals surface area contributed by atoms with Crippen LogP contribution in [-0.4, -0.2) is 47.3 Å². The molecule has 0 fully saturated rings. The molecular weight excluding hydrogens is 286 g/mol. The number of hydrogen-bond acceptors (Lipinski definition) is 5. The molecule has 2 atom stereocenters. The van der Waals surface area contributed by atoms with Crippen molar-refractivity contribution in [3.05, 3.63) is 35.9 Å². The molecule has 1 aromatic rings. The number of hydrogen-bond donors (Lipinski definition) is 3. The molecule has 0 radical (unpaired) electrons. The molecule has 3 N–H and O–H groups in total. The van der Waals surface area contributed by atoms with E-state index in [2.05, 4.69) is 5.32 Å². The van der Waals surface area contributed by atoms with E-state index in [0.717, 1.165) is 5.56 Å². The molecule has 0 aliphatic carbocycles. The van der Waals surface area contributed by atoms with Crippen molar-refractivity contribution in [3.8, 4) is 0 Å². The SMILES string of the molecule is CC(C)(C)OC(=O)N[C@@H](CO)[C@@H](CO)OCc1ccccc1. The summed E-state index contributed by atoms with van der Waals surface area (Å²) in [4.78, 5) is 11.7. The molecule has 124 valence electrons. The molecule has 0 unspecified atom stereocenters. The minimum absolute atomic E-state index is 0.276. The molecule has 22 heavy (non-hydrogen) atoms. The summed E-state index contributed by atoms with van der Waals surface area (Å²) in [6.45, 7) is 4.83. The molecule has 0 saturated carbocycles. The zero-order valence-electron chi connectivity index (χ0n) is 13.3. The van der Waals surface area contributed by atoms with Gasteiger partial charge in [-0.05, 0) is 26.3 Å². The van der Waals surface area contributed by atoms with E-state index in [4.69, 9.17) is 9.47 Å². The Morgan fingerprint density at radius 3 is 2.32 bits per heavy atom. The van der Waals surface area contributed by atoms with Crippen molar-refractivity contribution in [2.45, 2.75) is 45.1 Å². The Kier molecular flexibility index (Phi) is 7.31. The molecule has 6 heteroatoms. The predicted octanol–water partition coefficient (Wildman–Crippen LogP) is 1.45. The predicted molar refractivity (Wildman–Crippen MR) is 82.3 cm³/mol. The number of aliphatic hydroxyl groups is 2. The Morgan fingerprint density at radius 1 is 1.18 bits per heavy atom. The van der Waals surface area contributed by atoms with E-state index in [9.17, 15) is 15.0 Å². The summed E-state index contributed by atoms with van der Waals surface area (Å²) < 4.78 is 10.7. The van der Waals surface area contributed by atoms with Crippen molar-refractivity contribution in [2.24, 2.45) is 0 Å². The normalized spacial score (nSPS) is 14.2. The van der Waals surface area contributed by atoms with Crippen molar-refractivity contribution < 1.29 is 24.5 Å². The van der Waals surface area contributed by atoms with Crippen LogP contribution in [-0.2, 0) is 16.1 Å². The Hall–Kier alpha value is -1.63. The van der Waals surface area contributed by atoms with Gasteiger partial charge in [0.2, 0.25) is 0 Å². The maximum atomic E-state index is 11.7. The van der Waals surface area contributed by atoms with E-state index >= 15 is 0 Å². The first kappa shape index (κ1) is 18.4. The zero-order valence-corrected chi connectivity index (χ0v) is 13.3. The van der Waals surface area contributed by atoms with E-state index in [-0.39, 0.29) is 19.8 Å². The first-order valence-electron chi connectivity index (χ1n) is 7.22. The number of nitrogens with one attached hydrogen (secondary N) is 1. The number of carbonyl (C=O) groups excluding carboxylic acids is 1. The average molecular weight is 311 g/mol. The molecule has 0 saturated heterocycles. The smallest absolute Gasteiger partial charge is 0.408 e. The fraction of sp³-hybridized carbons (Fsp3) is 0.562. The fourth-order valence-electron chi connectivity index (χ4n) is 1.79.